The first-order chi connectivity index (χ1) is 14.4. The number of fused-ring (bicyclic) bond motifs is 1. The maximum atomic E-state index is 13.2. The van der Waals surface area contributed by atoms with Crippen molar-refractivity contribution in [3.05, 3.63) is 86.6 Å². The summed E-state index contributed by atoms with van der Waals surface area (Å²) in [4.78, 5) is 29.2. The maximum absolute atomic E-state index is 13.2. The van der Waals surface area contributed by atoms with Crippen LogP contribution in [0.2, 0.25) is 0 Å². The van der Waals surface area contributed by atoms with E-state index in [9.17, 15) is 9.59 Å². The largest absolute Gasteiger partial charge is 0.334 e. The molecule has 30 heavy (non-hydrogen) atoms. The number of anilines is 1. The number of hydrogen-bond acceptors (Lipinski definition) is 3. The number of nitrogens with one attached hydrogen (secondary N) is 1. The third kappa shape index (κ3) is 4.03. The molecule has 0 saturated carbocycles. The Bertz CT molecular complexity index is 1080. The monoisotopic (exact) mass is 418 g/mol. The molecule has 1 aromatic heterocycles. The molecule has 1 N–H and O–H groups in total. The minimum absolute atomic E-state index is 0.0155. The van der Waals surface area contributed by atoms with Crippen molar-refractivity contribution in [1.82, 2.24) is 4.90 Å². The predicted octanol–water partition coefficient (Wildman–Crippen LogP) is 5.63. The first kappa shape index (κ1) is 20.4. The van der Waals surface area contributed by atoms with Gasteiger partial charge < -0.3 is 10.2 Å². The van der Waals surface area contributed by atoms with Gasteiger partial charge in [0.15, 0.2) is 0 Å². The second-order valence-corrected chi connectivity index (χ2v) is 9.06. The van der Waals surface area contributed by atoms with Crippen LogP contribution in [-0.4, -0.2) is 23.3 Å². The Balaban J connectivity index is 1.51. The van der Waals surface area contributed by atoms with Crippen LogP contribution in [0.4, 0.5) is 5.69 Å². The third-order valence-electron chi connectivity index (χ3n) is 5.75. The van der Waals surface area contributed by atoms with Crippen molar-refractivity contribution in [2.45, 2.75) is 39.7 Å². The second kappa shape index (κ2) is 8.44. The van der Waals surface area contributed by atoms with Gasteiger partial charge >= 0.3 is 0 Å². The third-order valence-corrected chi connectivity index (χ3v) is 6.77. The number of thiophene rings is 1. The summed E-state index contributed by atoms with van der Waals surface area (Å²) in [6, 6.07) is 15.3. The van der Waals surface area contributed by atoms with Crippen LogP contribution in [0.5, 0.6) is 0 Å². The van der Waals surface area contributed by atoms with E-state index in [-0.39, 0.29) is 11.8 Å². The first-order valence-corrected chi connectivity index (χ1v) is 11.2. The van der Waals surface area contributed by atoms with Gasteiger partial charge in [-0.05, 0) is 71.7 Å². The minimum Gasteiger partial charge on any atom is -0.334 e. The van der Waals surface area contributed by atoms with Crippen LogP contribution in [0.3, 0.4) is 0 Å². The molecule has 0 spiro atoms. The van der Waals surface area contributed by atoms with Crippen LogP contribution in [-0.2, 0) is 13.0 Å². The zero-order chi connectivity index (χ0) is 21.3. The van der Waals surface area contributed by atoms with Crippen molar-refractivity contribution in [1.29, 1.82) is 0 Å². The standard InChI is InChI=1S/C25H26N2O2S/c1-16(2)18-7-9-19(10-8-18)24(28)26-22-6-4-5-21(17(22)3)25(29)27-13-11-23-20(15-27)12-14-30-23/h4-10,12,14,16H,11,13,15H2,1-3H3,(H,26,28). The molecule has 4 rings (SSSR count). The summed E-state index contributed by atoms with van der Waals surface area (Å²) in [7, 11) is 0. The molecule has 0 unspecified atom stereocenters. The molecule has 3 aromatic rings. The van der Waals surface area contributed by atoms with Gasteiger partial charge in [-0.25, -0.2) is 0 Å². The lowest BCUT2D eigenvalue weighted by Gasteiger charge is -2.28. The molecule has 1 aliphatic rings. The molecule has 154 valence electrons. The molecule has 2 amide bonds. The van der Waals surface area contributed by atoms with Crippen molar-refractivity contribution < 1.29 is 9.59 Å². The molecule has 2 aromatic carbocycles. The van der Waals surface area contributed by atoms with Gasteiger partial charge in [-0.3, -0.25) is 9.59 Å². The van der Waals surface area contributed by atoms with Crippen molar-refractivity contribution in [2.75, 3.05) is 11.9 Å². The van der Waals surface area contributed by atoms with Crippen LogP contribution >= 0.6 is 11.3 Å². The van der Waals surface area contributed by atoms with E-state index in [4.69, 9.17) is 0 Å². The van der Waals surface area contributed by atoms with Gasteiger partial charge in [-0.2, -0.15) is 0 Å². The van der Waals surface area contributed by atoms with Crippen molar-refractivity contribution in [3.8, 4) is 0 Å². The highest BCUT2D eigenvalue weighted by Crippen LogP contribution is 2.27. The van der Waals surface area contributed by atoms with E-state index in [1.165, 1.54) is 16.0 Å². The van der Waals surface area contributed by atoms with E-state index in [1.54, 1.807) is 11.3 Å². The molecule has 0 radical (unpaired) electrons. The van der Waals surface area contributed by atoms with Crippen LogP contribution in [0.1, 0.15) is 62.0 Å². The van der Waals surface area contributed by atoms with Crippen molar-refractivity contribution in [3.63, 3.8) is 0 Å². The van der Waals surface area contributed by atoms with Crippen molar-refractivity contribution in [2.24, 2.45) is 0 Å². The lowest BCUT2D eigenvalue weighted by atomic mass is 10.0. The average molecular weight is 419 g/mol. The van der Waals surface area contributed by atoms with E-state index in [0.717, 1.165) is 18.5 Å². The van der Waals surface area contributed by atoms with Crippen LogP contribution in [0.15, 0.2) is 53.9 Å². The lowest BCUT2D eigenvalue weighted by molar-refractivity contribution is 0.0735. The smallest absolute Gasteiger partial charge is 0.255 e. The fourth-order valence-electron chi connectivity index (χ4n) is 3.81. The zero-order valence-corrected chi connectivity index (χ0v) is 18.4. The van der Waals surface area contributed by atoms with Crippen LogP contribution in [0, 0.1) is 6.92 Å². The molecule has 0 atom stereocenters. The Labute approximate surface area is 181 Å². The van der Waals surface area contributed by atoms with Gasteiger partial charge in [0.2, 0.25) is 0 Å². The molecule has 0 aliphatic carbocycles. The van der Waals surface area contributed by atoms with Gasteiger partial charge in [0.25, 0.3) is 11.8 Å². The normalized spacial score (nSPS) is 13.3. The molecule has 5 heteroatoms. The van der Waals surface area contributed by atoms with E-state index >= 15 is 0 Å². The van der Waals surface area contributed by atoms with Gasteiger partial charge in [0.1, 0.15) is 0 Å². The van der Waals surface area contributed by atoms with Crippen LogP contribution in [0.25, 0.3) is 0 Å². The zero-order valence-electron chi connectivity index (χ0n) is 17.6. The second-order valence-electron chi connectivity index (χ2n) is 8.05. The number of hydrogen-bond donors (Lipinski definition) is 1. The van der Waals surface area contributed by atoms with Crippen molar-refractivity contribution >= 4 is 28.8 Å². The molecular formula is C25H26N2O2S. The summed E-state index contributed by atoms with van der Waals surface area (Å²) in [5.74, 6) is 0.271. The highest BCUT2D eigenvalue weighted by molar-refractivity contribution is 7.10. The topological polar surface area (TPSA) is 49.4 Å². The Kier molecular flexibility index (Phi) is 5.73. The van der Waals surface area contributed by atoms with E-state index < -0.39 is 0 Å². The van der Waals surface area contributed by atoms with Gasteiger partial charge in [-0.15, -0.1) is 11.3 Å². The minimum atomic E-state index is -0.168. The first-order valence-electron chi connectivity index (χ1n) is 10.3. The summed E-state index contributed by atoms with van der Waals surface area (Å²) in [6.07, 6.45) is 0.903. The quantitative estimate of drug-likeness (QED) is 0.597. The molecule has 0 bridgehead atoms. The van der Waals surface area contributed by atoms with E-state index in [1.807, 2.05) is 54.3 Å². The maximum Gasteiger partial charge on any atom is 0.255 e. The molecule has 0 saturated heterocycles. The summed E-state index contributed by atoms with van der Waals surface area (Å²) in [5, 5.41) is 5.07. The summed E-state index contributed by atoms with van der Waals surface area (Å²) in [6.45, 7) is 7.52. The Morgan fingerprint density at radius 2 is 1.83 bits per heavy atom. The average Bonchev–Trinajstić information content (AvgIpc) is 3.22. The number of rotatable bonds is 4. The number of amides is 2. The molecule has 1 aliphatic heterocycles. The Morgan fingerprint density at radius 3 is 2.57 bits per heavy atom. The fourth-order valence-corrected chi connectivity index (χ4v) is 4.70. The Morgan fingerprint density at radius 1 is 1.07 bits per heavy atom. The summed E-state index contributed by atoms with van der Waals surface area (Å²) < 4.78 is 0. The van der Waals surface area contributed by atoms with E-state index in [2.05, 4.69) is 30.6 Å². The molecular weight excluding hydrogens is 392 g/mol. The SMILES string of the molecule is Cc1c(NC(=O)c2ccc(C(C)C)cc2)cccc1C(=O)N1CCc2sccc2C1. The lowest BCUT2D eigenvalue weighted by Crippen LogP contribution is -2.35. The predicted molar refractivity (Wildman–Crippen MR) is 122 cm³/mol. The van der Waals surface area contributed by atoms with Gasteiger partial charge in [0, 0.05) is 34.8 Å². The number of nitrogens with zero attached hydrogens (tertiary/aromatic N) is 1. The van der Waals surface area contributed by atoms with E-state index in [0.29, 0.717) is 29.3 Å². The van der Waals surface area contributed by atoms with Gasteiger partial charge in [0.05, 0.1) is 0 Å². The fraction of sp³-hybridized carbons (Fsp3) is 0.280. The highest BCUT2D eigenvalue weighted by Gasteiger charge is 2.24. The number of carbonyl (C=O) groups is 2. The number of carbonyl (C=O) groups excluding carboxylic acids is 2. The number of benzene rings is 2. The molecule has 0 fully saturated rings. The molecule has 2 heterocycles. The summed E-state index contributed by atoms with van der Waals surface area (Å²) >= 11 is 1.76. The van der Waals surface area contributed by atoms with Gasteiger partial charge in [-0.1, -0.05) is 32.0 Å². The Hall–Kier alpha value is -2.92. The molecule has 4 nitrogen and oxygen atoms in total. The van der Waals surface area contributed by atoms with Crippen LogP contribution < -0.4 is 5.32 Å². The summed E-state index contributed by atoms with van der Waals surface area (Å²) in [5.41, 5.74) is 5.16. The highest BCUT2D eigenvalue weighted by atomic mass is 32.1.